The summed E-state index contributed by atoms with van der Waals surface area (Å²) in [7, 11) is 0. The molecule has 2 aromatic rings. The predicted octanol–water partition coefficient (Wildman–Crippen LogP) is 2.23. The highest BCUT2D eigenvalue weighted by molar-refractivity contribution is 6.00. The van der Waals surface area contributed by atoms with Gasteiger partial charge in [-0.2, -0.15) is 5.10 Å². The van der Waals surface area contributed by atoms with Gasteiger partial charge in [0.25, 0.3) is 0 Å². The number of carbonyl (C=O) groups excluding carboxylic acids is 2. The molecular formula is C20H19N3O4. The summed E-state index contributed by atoms with van der Waals surface area (Å²) in [4.78, 5) is 26.3. The van der Waals surface area contributed by atoms with Crippen LogP contribution in [0.25, 0.3) is 0 Å². The highest BCUT2D eigenvalue weighted by Crippen LogP contribution is 2.32. The zero-order valence-electron chi connectivity index (χ0n) is 14.8. The summed E-state index contributed by atoms with van der Waals surface area (Å²) in [6.45, 7) is 2.55. The first-order valence-electron chi connectivity index (χ1n) is 8.70. The van der Waals surface area contributed by atoms with Crippen molar-refractivity contribution in [1.29, 1.82) is 0 Å². The highest BCUT2D eigenvalue weighted by Gasteiger charge is 2.35. The van der Waals surface area contributed by atoms with Gasteiger partial charge < -0.3 is 14.4 Å². The first kappa shape index (κ1) is 17.1. The van der Waals surface area contributed by atoms with E-state index < -0.39 is 5.92 Å². The number of rotatable bonds is 4. The van der Waals surface area contributed by atoms with Crippen molar-refractivity contribution in [1.82, 2.24) is 5.43 Å². The SMILES string of the molecule is Cc1ccc(N2C[C@H](C(=O)N/N=C\c3ccc4c(c3)OCO4)CC2=O)cc1. The summed E-state index contributed by atoms with van der Waals surface area (Å²) in [6.07, 6.45) is 1.72. The van der Waals surface area contributed by atoms with Crippen molar-refractivity contribution < 1.29 is 19.1 Å². The van der Waals surface area contributed by atoms with Crippen LogP contribution in [0, 0.1) is 12.8 Å². The van der Waals surface area contributed by atoms with E-state index in [1.807, 2.05) is 37.3 Å². The first-order chi connectivity index (χ1) is 13.1. The van der Waals surface area contributed by atoms with Gasteiger partial charge in [0.05, 0.1) is 12.1 Å². The molecule has 2 aromatic carbocycles. The molecule has 2 aliphatic heterocycles. The Labute approximate surface area is 156 Å². The van der Waals surface area contributed by atoms with Crippen molar-refractivity contribution in [2.24, 2.45) is 11.0 Å². The molecule has 1 fully saturated rings. The van der Waals surface area contributed by atoms with Crippen LogP contribution in [0.4, 0.5) is 5.69 Å². The minimum absolute atomic E-state index is 0.0567. The molecular weight excluding hydrogens is 346 g/mol. The normalized spacial score (nSPS) is 18.3. The molecule has 4 rings (SSSR count). The van der Waals surface area contributed by atoms with Gasteiger partial charge in [0, 0.05) is 18.7 Å². The van der Waals surface area contributed by atoms with Gasteiger partial charge in [0.1, 0.15) is 0 Å². The van der Waals surface area contributed by atoms with E-state index in [2.05, 4.69) is 10.5 Å². The maximum Gasteiger partial charge on any atom is 0.245 e. The van der Waals surface area contributed by atoms with Crippen LogP contribution in [0.2, 0.25) is 0 Å². The van der Waals surface area contributed by atoms with Gasteiger partial charge >= 0.3 is 0 Å². The van der Waals surface area contributed by atoms with E-state index in [9.17, 15) is 9.59 Å². The maximum absolute atomic E-state index is 12.4. The lowest BCUT2D eigenvalue weighted by atomic mass is 10.1. The molecule has 2 heterocycles. The van der Waals surface area contributed by atoms with E-state index in [0.717, 1.165) is 16.8 Å². The fraction of sp³-hybridized carbons (Fsp3) is 0.250. The van der Waals surface area contributed by atoms with Crippen LogP contribution in [-0.4, -0.2) is 31.4 Å². The van der Waals surface area contributed by atoms with Gasteiger partial charge in [-0.1, -0.05) is 17.7 Å². The van der Waals surface area contributed by atoms with E-state index in [0.29, 0.717) is 18.0 Å². The molecule has 138 valence electrons. The topological polar surface area (TPSA) is 80.2 Å². The number of benzene rings is 2. The van der Waals surface area contributed by atoms with E-state index in [1.54, 1.807) is 17.0 Å². The van der Waals surface area contributed by atoms with Crippen LogP contribution in [0.15, 0.2) is 47.6 Å². The largest absolute Gasteiger partial charge is 0.454 e. The smallest absolute Gasteiger partial charge is 0.245 e. The molecule has 7 heteroatoms. The Kier molecular flexibility index (Phi) is 4.50. The molecule has 1 N–H and O–H groups in total. The molecule has 0 aromatic heterocycles. The maximum atomic E-state index is 12.4. The zero-order valence-corrected chi connectivity index (χ0v) is 14.8. The number of hydrazone groups is 1. The minimum atomic E-state index is -0.423. The average molecular weight is 365 g/mol. The van der Waals surface area contributed by atoms with Crippen molar-refractivity contribution in [2.45, 2.75) is 13.3 Å². The Morgan fingerprint density at radius 3 is 2.78 bits per heavy atom. The number of hydrogen-bond donors (Lipinski definition) is 1. The molecule has 7 nitrogen and oxygen atoms in total. The number of amides is 2. The van der Waals surface area contributed by atoms with Crippen LogP contribution in [-0.2, 0) is 9.59 Å². The molecule has 0 bridgehead atoms. The molecule has 0 spiro atoms. The molecule has 0 aliphatic carbocycles. The third kappa shape index (κ3) is 3.62. The third-order valence-electron chi connectivity index (χ3n) is 4.63. The van der Waals surface area contributed by atoms with E-state index >= 15 is 0 Å². The monoisotopic (exact) mass is 365 g/mol. The lowest BCUT2D eigenvalue weighted by molar-refractivity contribution is -0.126. The molecule has 2 aliphatic rings. The van der Waals surface area contributed by atoms with Crippen molar-refractivity contribution in [3.8, 4) is 11.5 Å². The quantitative estimate of drug-likeness (QED) is 0.666. The molecule has 1 atom stereocenters. The van der Waals surface area contributed by atoms with Crippen LogP contribution in [0.1, 0.15) is 17.5 Å². The number of nitrogens with one attached hydrogen (secondary N) is 1. The van der Waals surface area contributed by atoms with E-state index in [-0.39, 0.29) is 25.0 Å². The number of fused-ring (bicyclic) bond motifs is 1. The Morgan fingerprint density at radius 1 is 1.19 bits per heavy atom. The summed E-state index contributed by atoms with van der Waals surface area (Å²) < 4.78 is 10.6. The average Bonchev–Trinajstić information content (AvgIpc) is 3.28. The number of aryl methyl sites for hydroxylation is 1. The second-order valence-electron chi connectivity index (χ2n) is 6.59. The van der Waals surface area contributed by atoms with Gasteiger partial charge in [0.2, 0.25) is 18.6 Å². The first-order valence-corrected chi connectivity index (χ1v) is 8.70. The summed E-state index contributed by atoms with van der Waals surface area (Å²) in [6, 6.07) is 13.1. The minimum Gasteiger partial charge on any atom is -0.454 e. The molecule has 1 saturated heterocycles. The molecule has 27 heavy (non-hydrogen) atoms. The molecule has 0 unspecified atom stereocenters. The van der Waals surface area contributed by atoms with Crippen molar-refractivity contribution in [2.75, 3.05) is 18.2 Å². The third-order valence-corrected chi connectivity index (χ3v) is 4.63. The number of carbonyl (C=O) groups is 2. The lowest BCUT2D eigenvalue weighted by Crippen LogP contribution is -2.30. The predicted molar refractivity (Wildman–Crippen MR) is 99.9 cm³/mol. The number of hydrogen-bond acceptors (Lipinski definition) is 5. The Hall–Kier alpha value is -3.35. The number of ether oxygens (including phenoxy) is 2. The summed E-state index contributed by atoms with van der Waals surface area (Å²) in [5.74, 6) is 0.596. The fourth-order valence-electron chi connectivity index (χ4n) is 3.11. The van der Waals surface area contributed by atoms with Gasteiger partial charge in [-0.3, -0.25) is 9.59 Å². The van der Waals surface area contributed by atoms with Crippen LogP contribution in [0.5, 0.6) is 11.5 Å². The zero-order chi connectivity index (χ0) is 18.8. The lowest BCUT2D eigenvalue weighted by Gasteiger charge is -2.16. The number of nitrogens with zero attached hydrogens (tertiary/aromatic N) is 2. The fourth-order valence-corrected chi connectivity index (χ4v) is 3.11. The summed E-state index contributed by atoms with van der Waals surface area (Å²) in [5.41, 5.74) is 5.24. The Bertz CT molecular complexity index is 908. The standard InChI is InChI=1S/C20H19N3O4/c1-13-2-5-16(6-3-13)23-11-15(9-19(23)24)20(25)22-21-10-14-4-7-17-18(8-14)27-12-26-17/h2-8,10,15H,9,11-12H2,1H3,(H,22,25)/b21-10-/t15-/m1/s1. The van der Waals surface area contributed by atoms with Gasteiger partial charge in [-0.05, 0) is 42.8 Å². The van der Waals surface area contributed by atoms with Gasteiger partial charge in [-0.25, -0.2) is 5.43 Å². The van der Waals surface area contributed by atoms with Crippen LogP contribution >= 0.6 is 0 Å². The second-order valence-corrected chi connectivity index (χ2v) is 6.59. The van der Waals surface area contributed by atoms with Gasteiger partial charge in [0.15, 0.2) is 11.5 Å². The molecule has 0 radical (unpaired) electrons. The Balaban J connectivity index is 1.36. The Morgan fingerprint density at radius 2 is 1.96 bits per heavy atom. The molecule has 0 saturated carbocycles. The highest BCUT2D eigenvalue weighted by atomic mass is 16.7. The van der Waals surface area contributed by atoms with Gasteiger partial charge in [-0.15, -0.1) is 0 Å². The van der Waals surface area contributed by atoms with Crippen molar-refractivity contribution in [3.05, 3.63) is 53.6 Å². The second kappa shape index (κ2) is 7.11. The van der Waals surface area contributed by atoms with Crippen LogP contribution in [0.3, 0.4) is 0 Å². The summed E-state index contributed by atoms with van der Waals surface area (Å²) in [5, 5.41) is 4.00. The molecule has 2 amide bonds. The van der Waals surface area contributed by atoms with Crippen molar-refractivity contribution in [3.63, 3.8) is 0 Å². The summed E-state index contributed by atoms with van der Waals surface area (Å²) >= 11 is 0. The number of anilines is 1. The van der Waals surface area contributed by atoms with E-state index in [1.165, 1.54) is 6.21 Å². The van der Waals surface area contributed by atoms with E-state index in [4.69, 9.17) is 9.47 Å². The van der Waals surface area contributed by atoms with Crippen LogP contribution < -0.4 is 19.8 Å². The van der Waals surface area contributed by atoms with Crippen molar-refractivity contribution >= 4 is 23.7 Å².